The van der Waals surface area contributed by atoms with Gasteiger partial charge in [-0.2, -0.15) is 0 Å². The summed E-state index contributed by atoms with van der Waals surface area (Å²) in [7, 11) is 1.52. The van der Waals surface area contributed by atoms with E-state index < -0.39 is 0 Å². The lowest BCUT2D eigenvalue weighted by atomic mass is 10.3. The third kappa shape index (κ3) is 5.94. The normalized spacial score (nSPS) is 12.9. The van der Waals surface area contributed by atoms with Crippen molar-refractivity contribution in [3.8, 4) is 0 Å². The van der Waals surface area contributed by atoms with Gasteiger partial charge in [0.05, 0.1) is 0 Å². The first-order chi connectivity index (χ1) is 6.63. The van der Waals surface area contributed by atoms with E-state index in [1.165, 1.54) is 7.11 Å². The van der Waals surface area contributed by atoms with E-state index in [1.54, 1.807) is 0 Å². The van der Waals surface area contributed by atoms with Crippen molar-refractivity contribution in [2.75, 3.05) is 33.4 Å². The van der Waals surface area contributed by atoms with Crippen LogP contribution in [0.3, 0.4) is 0 Å². The van der Waals surface area contributed by atoms with Crippen LogP contribution in [0.1, 0.15) is 20.8 Å². The zero-order valence-corrected chi connectivity index (χ0v) is 9.67. The second-order valence-corrected chi connectivity index (χ2v) is 3.39. The molecular weight excluding hydrogens is 180 g/mol. The van der Waals surface area contributed by atoms with Gasteiger partial charge in [0.15, 0.2) is 0 Å². The maximum Gasteiger partial charge on any atom is 0.246 e. The molecule has 4 nitrogen and oxygen atoms in total. The number of nitrogens with zero attached hydrogens (tertiary/aromatic N) is 1. The number of carbonyl (C=O) groups excluding carboxylic acids is 1. The molecule has 0 aliphatic heterocycles. The quantitative estimate of drug-likeness (QED) is 0.653. The molecule has 0 bridgehead atoms. The van der Waals surface area contributed by atoms with Crippen LogP contribution in [0.25, 0.3) is 0 Å². The molecule has 0 rings (SSSR count). The maximum atomic E-state index is 11.2. The first kappa shape index (κ1) is 13.4. The van der Waals surface area contributed by atoms with Crippen LogP contribution in [0.5, 0.6) is 0 Å². The number of amides is 1. The molecular formula is C10H22N2O2. The van der Waals surface area contributed by atoms with E-state index in [2.05, 4.69) is 24.1 Å². The minimum Gasteiger partial charge on any atom is -0.375 e. The highest BCUT2D eigenvalue weighted by Crippen LogP contribution is 1.91. The Morgan fingerprint density at radius 2 is 2.00 bits per heavy atom. The summed E-state index contributed by atoms with van der Waals surface area (Å²) < 4.78 is 4.74. The smallest absolute Gasteiger partial charge is 0.246 e. The molecule has 1 unspecified atom stereocenters. The van der Waals surface area contributed by atoms with E-state index in [-0.39, 0.29) is 18.6 Å². The molecule has 0 aliphatic carbocycles. The van der Waals surface area contributed by atoms with Gasteiger partial charge in [-0.25, -0.2) is 0 Å². The van der Waals surface area contributed by atoms with Crippen LogP contribution in [-0.2, 0) is 9.53 Å². The summed E-state index contributed by atoms with van der Waals surface area (Å²) in [5.41, 5.74) is 0. The molecule has 4 heteroatoms. The Labute approximate surface area is 86.6 Å². The van der Waals surface area contributed by atoms with Crippen LogP contribution in [0.4, 0.5) is 0 Å². The molecule has 14 heavy (non-hydrogen) atoms. The Kier molecular flexibility index (Phi) is 7.42. The predicted octanol–water partition coefficient (Wildman–Crippen LogP) is 0.479. The Hall–Kier alpha value is -0.610. The number of hydrogen-bond donors (Lipinski definition) is 1. The number of methoxy groups -OCH3 is 1. The SMILES string of the molecule is CCN(CC)CC(C)NC(=O)COC. The van der Waals surface area contributed by atoms with Crippen molar-refractivity contribution < 1.29 is 9.53 Å². The summed E-state index contributed by atoms with van der Waals surface area (Å²) in [6.45, 7) is 9.30. The molecule has 1 N–H and O–H groups in total. The van der Waals surface area contributed by atoms with Gasteiger partial charge in [0, 0.05) is 19.7 Å². The highest BCUT2D eigenvalue weighted by Gasteiger charge is 2.09. The van der Waals surface area contributed by atoms with Gasteiger partial charge >= 0.3 is 0 Å². The fraction of sp³-hybridized carbons (Fsp3) is 0.900. The van der Waals surface area contributed by atoms with Crippen molar-refractivity contribution in [1.82, 2.24) is 10.2 Å². The van der Waals surface area contributed by atoms with Crippen molar-refractivity contribution in [1.29, 1.82) is 0 Å². The topological polar surface area (TPSA) is 41.6 Å². The third-order valence-electron chi connectivity index (χ3n) is 2.11. The van der Waals surface area contributed by atoms with Gasteiger partial charge in [-0.1, -0.05) is 13.8 Å². The molecule has 0 aliphatic rings. The van der Waals surface area contributed by atoms with Gasteiger partial charge < -0.3 is 15.0 Å². The van der Waals surface area contributed by atoms with Gasteiger partial charge in [0.1, 0.15) is 6.61 Å². The zero-order chi connectivity index (χ0) is 11.0. The molecule has 0 saturated carbocycles. The summed E-state index contributed by atoms with van der Waals surface area (Å²) in [4.78, 5) is 13.4. The average molecular weight is 202 g/mol. The van der Waals surface area contributed by atoms with Crippen LogP contribution in [-0.4, -0.2) is 50.2 Å². The van der Waals surface area contributed by atoms with Crippen molar-refractivity contribution in [3.05, 3.63) is 0 Å². The van der Waals surface area contributed by atoms with Crippen LogP contribution in [0, 0.1) is 0 Å². The standard InChI is InChI=1S/C10H22N2O2/c1-5-12(6-2)7-9(3)11-10(13)8-14-4/h9H,5-8H2,1-4H3,(H,11,13). The molecule has 0 spiro atoms. The Morgan fingerprint density at radius 3 is 2.43 bits per heavy atom. The number of nitrogens with one attached hydrogen (secondary N) is 1. The van der Waals surface area contributed by atoms with Crippen molar-refractivity contribution in [2.45, 2.75) is 26.8 Å². The van der Waals surface area contributed by atoms with Gasteiger partial charge in [-0.3, -0.25) is 4.79 Å². The lowest BCUT2D eigenvalue weighted by Crippen LogP contribution is -2.43. The highest BCUT2D eigenvalue weighted by atomic mass is 16.5. The summed E-state index contributed by atoms with van der Waals surface area (Å²) in [5, 5.41) is 2.87. The van der Waals surface area contributed by atoms with Crippen molar-refractivity contribution >= 4 is 5.91 Å². The lowest BCUT2D eigenvalue weighted by Gasteiger charge is -2.23. The van der Waals surface area contributed by atoms with E-state index in [1.807, 2.05) is 6.92 Å². The average Bonchev–Trinajstić information content (AvgIpc) is 2.14. The Morgan fingerprint density at radius 1 is 1.43 bits per heavy atom. The molecule has 0 saturated heterocycles. The number of ether oxygens (including phenoxy) is 1. The van der Waals surface area contributed by atoms with E-state index in [0.717, 1.165) is 19.6 Å². The van der Waals surface area contributed by atoms with Gasteiger partial charge in [0.25, 0.3) is 0 Å². The largest absolute Gasteiger partial charge is 0.375 e. The van der Waals surface area contributed by atoms with Crippen molar-refractivity contribution in [3.63, 3.8) is 0 Å². The van der Waals surface area contributed by atoms with E-state index >= 15 is 0 Å². The molecule has 0 aromatic heterocycles. The Bertz CT molecular complexity index is 158. The number of carbonyl (C=O) groups is 1. The van der Waals surface area contributed by atoms with E-state index in [9.17, 15) is 4.79 Å². The zero-order valence-electron chi connectivity index (χ0n) is 9.67. The lowest BCUT2D eigenvalue weighted by molar-refractivity contribution is -0.125. The predicted molar refractivity (Wildman–Crippen MR) is 57.3 cm³/mol. The molecule has 0 fully saturated rings. The Balaban J connectivity index is 3.72. The first-order valence-corrected chi connectivity index (χ1v) is 5.14. The minimum absolute atomic E-state index is 0.0489. The van der Waals surface area contributed by atoms with Gasteiger partial charge in [-0.15, -0.1) is 0 Å². The van der Waals surface area contributed by atoms with Crippen LogP contribution < -0.4 is 5.32 Å². The van der Waals surface area contributed by atoms with Crippen molar-refractivity contribution in [2.24, 2.45) is 0 Å². The summed E-state index contributed by atoms with van der Waals surface area (Å²) in [6, 6.07) is 0.178. The van der Waals surface area contributed by atoms with Gasteiger partial charge in [0.2, 0.25) is 5.91 Å². The van der Waals surface area contributed by atoms with Gasteiger partial charge in [-0.05, 0) is 20.0 Å². The maximum absolute atomic E-state index is 11.2. The molecule has 0 heterocycles. The molecule has 0 radical (unpaired) electrons. The molecule has 84 valence electrons. The molecule has 0 aromatic carbocycles. The minimum atomic E-state index is -0.0489. The van der Waals surface area contributed by atoms with Crippen LogP contribution in [0.15, 0.2) is 0 Å². The fourth-order valence-corrected chi connectivity index (χ4v) is 1.36. The highest BCUT2D eigenvalue weighted by molar-refractivity contribution is 5.77. The molecule has 1 atom stereocenters. The van der Waals surface area contributed by atoms with E-state index in [4.69, 9.17) is 4.74 Å². The molecule has 1 amide bonds. The third-order valence-corrected chi connectivity index (χ3v) is 2.11. The number of rotatable bonds is 7. The monoisotopic (exact) mass is 202 g/mol. The second-order valence-electron chi connectivity index (χ2n) is 3.39. The van der Waals surface area contributed by atoms with Crippen LogP contribution in [0.2, 0.25) is 0 Å². The first-order valence-electron chi connectivity index (χ1n) is 5.14. The number of hydrogen-bond acceptors (Lipinski definition) is 3. The molecule has 0 aromatic rings. The fourth-order valence-electron chi connectivity index (χ4n) is 1.36. The summed E-state index contributed by atoms with van der Waals surface area (Å²) >= 11 is 0. The summed E-state index contributed by atoms with van der Waals surface area (Å²) in [6.07, 6.45) is 0. The number of likely N-dealkylation sites (N-methyl/N-ethyl adjacent to an activating group) is 1. The van der Waals surface area contributed by atoms with Crippen LogP contribution >= 0.6 is 0 Å². The second kappa shape index (κ2) is 7.76. The summed E-state index contributed by atoms with van der Waals surface area (Å²) in [5.74, 6) is -0.0489. The van der Waals surface area contributed by atoms with E-state index in [0.29, 0.717) is 0 Å².